The van der Waals surface area contributed by atoms with Gasteiger partial charge < -0.3 is 19.2 Å². The van der Waals surface area contributed by atoms with Crippen molar-refractivity contribution in [3.05, 3.63) is 57.9 Å². The second kappa shape index (κ2) is 7.17. The molecule has 0 saturated carbocycles. The van der Waals surface area contributed by atoms with Crippen LogP contribution in [0.15, 0.2) is 39.7 Å². The van der Waals surface area contributed by atoms with Crippen molar-refractivity contribution in [2.45, 2.75) is 39.3 Å². The highest BCUT2D eigenvalue weighted by Crippen LogP contribution is 2.34. The number of nitrogens with zero attached hydrogens (tertiary/aromatic N) is 2. The lowest BCUT2D eigenvalue weighted by molar-refractivity contribution is 0.119. The van der Waals surface area contributed by atoms with Gasteiger partial charge in [-0.2, -0.15) is 0 Å². The van der Waals surface area contributed by atoms with Crippen LogP contribution in [0.2, 0.25) is 0 Å². The Hall–Kier alpha value is -2.50. The van der Waals surface area contributed by atoms with Gasteiger partial charge in [0.15, 0.2) is 0 Å². The zero-order valence-electron chi connectivity index (χ0n) is 15.0. The zero-order chi connectivity index (χ0) is 18.0. The summed E-state index contributed by atoms with van der Waals surface area (Å²) in [5.74, 6) is 1.36. The minimum atomic E-state index is -0.157. The topological polar surface area (TPSA) is 67.5 Å². The molecule has 1 fully saturated rings. The van der Waals surface area contributed by atoms with E-state index in [9.17, 15) is 9.59 Å². The van der Waals surface area contributed by atoms with Crippen LogP contribution in [0.4, 0.5) is 4.79 Å². The fourth-order valence-corrected chi connectivity index (χ4v) is 3.32. The molecule has 0 aromatic carbocycles. The van der Waals surface area contributed by atoms with Crippen LogP contribution in [0.5, 0.6) is 0 Å². The van der Waals surface area contributed by atoms with Crippen molar-refractivity contribution in [3.8, 4) is 0 Å². The van der Waals surface area contributed by atoms with Gasteiger partial charge in [0.05, 0.1) is 12.3 Å². The van der Waals surface area contributed by atoms with Crippen LogP contribution in [-0.4, -0.2) is 22.0 Å². The number of pyridine rings is 1. The molecule has 0 spiro atoms. The molecule has 2 atom stereocenters. The zero-order valence-corrected chi connectivity index (χ0v) is 15.0. The number of amides is 2. The Balaban J connectivity index is 1.71. The highest BCUT2D eigenvalue weighted by atomic mass is 16.3. The quantitative estimate of drug-likeness (QED) is 0.932. The second-order valence-electron chi connectivity index (χ2n) is 6.88. The van der Waals surface area contributed by atoms with Crippen LogP contribution in [-0.2, 0) is 13.6 Å². The number of hydrogen-bond donors (Lipinski definition) is 1. The number of urea groups is 1. The van der Waals surface area contributed by atoms with E-state index in [-0.39, 0.29) is 24.2 Å². The average Bonchev–Trinajstić information content (AvgIpc) is 3.13. The molecule has 0 aliphatic carbocycles. The number of furan rings is 1. The second-order valence-corrected chi connectivity index (χ2v) is 6.88. The van der Waals surface area contributed by atoms with Crippen LogP contribution >= 0.6 is 0 Å². The highest BCUT2D eigenvalue weighted by Gasteiger charge is 2.32. The molecular weight excluding hydrogens is 318 g/mol. The maximum Gasteiger partial charge on any atom is 0.318 e. The maximum absolute atomic E-state index is 12.7. The van der Waals surface area contributed by atoms with E-state index in [0.717, 1.165) is 24.3 Å². The standard InChI is InChI=1S/C19H25N3O3/c1-13-8-9-22(16(11-13)17-5-4-10-25-17)19(24)20-12-15-7-6-14(2)21(3)18(15)23/h4-7,10,13,16H,8-9,11-12H2,1-3H3,(H,20,24)/t13-,16+/m0/s1. The molecule has 1 aliphatic heterocycles. The molecule has 0 bridgehead atoms. The SMILES string of the molecule is Cc1ccc(CNC(=O)N2CC[C@H](C)C[C@@H]2c2ccco2)c(=O)n1C. The molecule has 3 rings (SSSR count). The molecule has 1 N–H and O–H groups in total. The molecule has 1 saturated heterocycles. The van der Waals surface area contributed by atoms with Gasteiger partial charge in [0.2, 0.25) is 0 Å². The summed E-state index contributed by atoms with van der Waals surface area (Å²) in [6, 6.07) is 7.21. The van der Waals surface area contributed by atoms with Crippen LogP contribution in [0.25, 0.3) is 0 Å². The number of aromatic nitrogens is 1. The molecule has 1 aliphatic rings. The summed E-state index contributed by atoms with van der Waals surface area (Å²) in [5.41, 5.74) is 1.40. The van der Waals surface area contributed by atoms with Gasteiger partial charge in [0, 0.05) is 31.4 Å². The lowest BCUT2D eigenvalue weighted by Crippen LogP contribution is -2.46. The summed E-state index contributed by atoms with van der Waals surface area (Å²) in [4.78, 5) is 26.8. The lowest BCUT2D eigenvalue weighted by Gasteiger charge is -2.37. The fourth-order valence-electron chi connectivity index (χ4n) is 3.32. The van der Waals surface area contributed by atoms with Gasteiger partial charge in [0.1, 0.15) is 5.76 Å². The Morgan fingerprint density at radius 2 is 2.16 bits per heavy atom. The van der Waals surface area contributed by atoms with E-state index < -0.39 is 0 Å². The average molecular weight is 343 g/mol. The first kappa shape index (κ1) is 17.3. The molecule has 2 aromatic heterocycles. The van der Waals surface area contributed by atoms with Crippen molar-refractivity contribution in [1.82, 2.24) is 14.8 Å². The maximum atomic E-state index is 12.7. The summed E-state index contributed by atoms with van der Waals surface area (Å²) < 4.78 is 7.13. The summed E-state index contributed by atoms with van der Waals surface area (Å²) in [7, 11) is 1.74. The van der Waals surface area contributed by atoms with Gasteiger partial charge in [-0.1, -0.05) is 13.0 Å². The number of carbonyl (C=O) groups excluding carboxylic acids is 1. The van der Waals surface area contributed by atoms with Crippen LogP contribution in [0.1, 0.15) is 42.8 Å². The summed E-state index contributed by atoms with van der Waals surface area (Å²) in [6.45, 7) is 4.99. The van der Waals surface area contributed by atoms with Gasteiger partial charge in [-0.25, -0.2) is 4.79 Å². The Labute approximate surface area is 147 Å². The normalized spacial score (nSPS) is 20.5. The first-order chi connectivity index (χ1) is 12.0. The third-order valence-corrected chi connectivity index (χ3v) is 5.06. The van der Waals surface area contributed by atoms with Crippen LogP contribution < -0.4 is 10.9 Å². The molecule has 0 radical (unpaired) electrons. The number of rotatable bonds is 3. The molecule has 0 unspecified atom stereocenters. The minimum absolute atomic E-state index is 0.0559. The van der Waals surface area contributed by atoms with Crippen molar-refractivity contribution in [2.75, 3.05) is 6.54 Å². The van der Waals surface area contributed by atoms with Crippen molar-refractivity contribution in [3.63, 3.8) is 0 Å². The fraction of sp³-hybridized carbons (Fsp3) is 0.474. The van der Waals surface area contributed by atoms with E-state index in [1.807, 2.05) is 30.0 Å². The number of aryl methyl sites for hydroxylation is 1. The molecule has 2 aromatic rings. The monoisotopic (exact) mass is 343 g/mol. The molecule has 3 heterocycles. The predicted molar refractivity (Wildman–Crippen MR) is 95.2 cm³/mol. The number of carbonyl (C=O) groups is 1. The van der Waals surface area contributed by atoms with Crippen molar-refractivity contribution in [1.29, 1.82) is 0 Å². The Morgan fingerprint density at radius 3 is 2.88 bits per heavy atom. The van der Waals surface area contributed by atoms with Crippen molar-refractivity contribution < 1.29 is 9.21 Å². The summed E-state index contributed by atoms with van der Waals surface area (Å²) in [6.07, 6.45) is 3.49. The summed E-state index contributed by atoms with van der Waals surface area (Å²) in [5, 5.41) is 2.89. The van der Waals surface area contributed by atoms with Gasteiger partial charge in [-0.3, -0.25) is 4.79 Å². The van der Waals surface area contributed by atoms with E-state index >= 15 is 0 Å². The Kier molecular flexibility index (Phi) is 4.97. The van der Waals surface area contributed by atoms with E-state index in [2.05, 4.69) is 12.2 Å². The molecule has 134 valence electrons. The lowest BCUT2D eigenvalue weighted by atomic mass is 9.91. The predicted octanol–water partition coefficient (Wildman–Crippen LogP) is 2.97. The summed E-state index contributed by atoms with van der Waals surface area (Å²) >= 11 is 0. The molecular formula is C19H25N3O3. The van der Waals surface area contributed by atoms with Crippen LogP contribution in [0.3, 0.4) is 0 Å². The van der Waals surface area contributed by atoms with Gasteiger partial charge >= 0.3 is 6.03 Å². The Bertz CT molecular complexity index is 795. The van der Waals surface area contributed by atoms with Gasteiger partial charge in [0.25, 0.3) is 5.56 Å². The number of piperidine rings is 1. The molecule has 6 nitrogen and oxygen atoms in total. The highest BCUT2D eigenvalue weighted by molar-refractivity contribution is 5.74. The van der Waals surface area contributed by atoms with E-state index in [4.69, 9.17) is 4.42 Å². The van der Waals surface area contributed by atoms with E-state index in [1.54, 1.807) is 23.9 Å². The number of hydrogen-bond acceptors (Lipinski definition) is 3. The van der Waals surface area contributed by atoms with E-state index in [1.165, 1.54) is 0 Å². The van der Waals surface area contributed by atoms with E-state index in [0.29, 0.717) is 18.0 Å². The van der Waals surface area contributed by atoms with Crippen LogP contribution in [0, 0.1) is 12.8 Å². The molecule has 6 heteroatoms. The van der Waals surface area contributed by atoms with Gasteiger partial charge in [-0.05, 0) is 43.9 Å². The number of likely N-dealkylation sites (tertiary alicyclic amines) is 1. The van der Waals surface area contributed by atoms with Gasteiger partial charge in [-0.15, -0.1) is 0 Å². The third-order valence-electron chi connectivity index (χ3n) is 5.06. The Morgan fingerprint density at radius 1 is 1.36 bits per heavy atom. The number of nitrogens with one attached hydrogen (secondary N) is 1. The molecule has 2 amide bonds. The van der Waals surface area contributed by atoms with Crippen molar-refractivity contribution >= 4 is 6.03 Å². The smallest absolute Gasteiger partial charge is 0.318 e. The van der Waals surface area contributed by atoms with Crippen molar-refractivity contribution in [2.24, 2.45) is 13.0 Å². The first-order valence-corrected chi connectivity index (χ1v) is 8.70. The minimum Gasteiger partial charge on any atom is -0.467 e. The third kappa shape index (κ3) is 3.62. The largest absolute Gasteiger partial charge is 0.467 e. The molecule has 25 heavy (non-hydrogen) atoms. The first-order valence-electron chi connectivity index (χ1n) is 8.70.